The summed E-state index contributed by atoms with van der Waals surface area (Å²) in [6.45, 7) is 1.23. The molecule has 3 nitrogen and oxygen atoms in total. The van der Waals surface area contributed by atoms with Crippen molar-refractivity contribution in [3.8, 4) is 17.1 Å². The van der Waals surface area contributed by atoms with Gasteiger partial charge in [0.15, 0.2) is 0 Å². The second-order valence-electron chi connectivity index (χ2n) is 6.91. The Balaban J connectivity index is 1.48. The third-order valence-corrected chi connectivity index (χ3v) is 5.29. The number of benzene rings is 4. The van der Waals surface area contributed by atoms with Gasteiger partial charge in [-0.2, -0.15) is 0 Å². The number of hydrogen-bond donors (Lipinski definition) is 0. The summed E-state index contributed by atoms with van der Waals surface area (Å²) in [5.74, 6) is 1.80. The number of para-hydroxylation sites is 2. The van der Waals surface area contributed by atoms with Crippen molar-refractivity contribution in [2.24, 2.45) is 0 Å². The van der Waals surface area contributed by atoms with Gasteiger partial charge in [-0.1, -0.05) is 72.3 Å². The van der Waals surface area contributed by atoms with Gasteiger partial charge in [0.1, 0.15) is 18.2 Å². The van der Waals surface area contributed by atoms with E-state index in [1.165, 1.54) is 5.39 Å². The van der Waals surface area contributed by atoms with E-state index >= 15 is 0 Å². The Hall–Kier alpha value is -3.30. The van der Waals surface area contributed by atoms with Crippen LogP contribution in [0.25, 0.3) is 33.2 Å². The summed E-state index contributed by atoms with van der Waals surface area (Å²) in [5, 5.41) is 3.01. The van der Waals surface area contributed by atoms with Crippen LogP contribution in [-0.4, -0.2) is 16.2 Å². The molecule has 0 radical (unpaired) electrons. The molecule has 0 bridgehead atoms. The molecule has 142 valence electrons. The Morgan fingerprint density at radius 3 is 2.55 bits per heavy atom. The summed E-state index contributed by atoms with van der Waals surface area (Å²) in [7, 11) is 0. The zero-order valence-corrected chi connectivity index (χ0v) is 16.5. The largest absolute Gasteiger partial charge is 0.491 e. The highest BCUT2D eigenvalue weighted by molar-refractivity contribution is 6.30. The third kappa shape index (κ3) is 3.45. The van der Waals surface area contributed by atoms with Crippen molar-refractivity contribution in [3.63, 3.8) is 0 Å². The van der Waals surface area contributed by atoms with Gasteiger partial charge in [0.2, 0.25) is 0 Å². The van der Waals surface area contributed by atoms with Crippen LogP contribution in [0, 0.1) is 0 Å². The maximum absolute atomic E-state index is 6.22. The van der Waals surface area contributed by atoms with Gasteiger partial charge in [0.25, 0.3) is 0 Å². The molecule has 4 heteroatoms. The molecule has 5 rings (SSSR count). The predicted octanol–water partition coefficient (Wildman–Crippen LogP) is 6.59. The zero-order chi connectivity index (χ0) is 19.6. The molecule has 4 aromatic carbocycles. The van der Waals surface area contributed by atoms with Crippen molar-refractivity contribution in [2.75, 3.05) is 6.61 Å². The molecular formula is C25H19ClN2O. The summed E-state index contributed by atoms with van der Waals surface area (Å²) in [6, 6.07) is 30.4. The molecule has 0 aliphatic heterocycles. The summed E-state index contributed by atoms with van der Waals surface area (Å²) >= 11 is 6.22. The van der Waals surface area contributed by atoms with E-state index in [2.05, 4.69) is 28.8 Å². The molecule has 1 aromatic heterocycles. The van der Waals surface area contributed by atoms with Crippen molar-refractivity contribution < 1.29 is 4.74 Å². The number of nitrogens with zero attached hydrogens (tertiary/aromatic N) is 2. The topological polar surface area (TPSA) is 27.1 Å². The number of fused-ring (bicyclic) bond motifs is 2. The Morgan fingerprint density at radius 2 is 1.62 bits per heavy atom. The lowest BCUT2D eigenvalue weighted by Crippen LogP contribution is -2.09. The molecule has 0 aliphatic rings. The van der Waals surface area contributed by atoms with E-state index in [0.29, 0.717) is 18.2 Å². The molecule has 29 heavy (non-hydrogen) atoms. The first kappa shape index (κ1) is 17.8. The van der Waals surface area contributed by atoms with Crippen molar-refractivity contribution in [3.05, 3.63) is 96.0 Å². The summed E-state index contributed by atoms with van der Waals surface area (Å²) < 4.78 is 8.38. The zero-order valence-electron chi connectivity index (χ0n) is 15.8. The van der Waals surface area contributed by atoms with E-state index in [1.807, 2.05) is 66.7 Å². The van der Waals surface area contributed by atoms with Gasteiger partial charge in [-0.25, -0.2) is 4.98 Å². The number of aromatic nitrogens is 2. The van der Waals surface area contributed by atoms with Gasteiger partial charge in [-0.15, -0.1) is 0 Å². The Labute approximate surface area is 174 Å². The fourth-order valence-electron chi connectivity index (χ4n) is 3.72. The van der Waals surface area contributed by atoms with Gasteiger partial charge in [0.05, 0.1) is 17.6 Å². The Kier molecular flexibility index (Phi) is 4.66. The van der Waals surface area contributed by atoms with Gasteiger partial charge in [-0.05, 0) is 35.7 Å². The van der Waals surface area contributed by atoms with Crippen molar-refractivity contribution in [1.29, 1.82) is 0 Å². The average molecular weight is 399 g/mol. The van der Waals surface area contributed by atoms with Gasteiger partial charge >= 0.3 is 0 Å². The normalized spacial score (nSPS) is 11.2. The number of ether oxygens (including phenoxy) is 1. The van der Waals surface area contributed by atoms with Crippen LogP contribution < -0.4 is 4.74 Å². The van der Waals surface area contributed by atoms with Gasteiger partial charge < -0.3 is 9.30 Å². The molecule has 0 unspecified atom stereocenters. The van der Waals surface area contributed by atoms with E-state index in [1.54, 1.807) is 0 Å². The van der Waals surface area contributed by atoms with E-state index in [4.69, 9.17) is 21.3 Å². The summed E-state index contributed by atoms with van der Waals surface area (Å²) in [4.78, 5) is 4.85. The predicted molar refractivity (Wildman–Crippen MR) is 120 cm³/mol. The minimum atomic E-state index is 0.544. The SMILES string of the molecule is Clc1cccc(-c2nc3ccccc3n2CCOc2cccc3ccccc23)c1. The van der Waals surface area contributed by atoms with Crippen LogP contribution in [0.4, 0.5) is 0 Å². The molecule has 0 spiro atoms. The number of rotatable bonds is 5. The van der Waals surface area contributed by atoms with Crippen LogP contribution in [0.5, 0.6) is 5.75 Å². The monoisotopic (exact) mass is 398 g/mol. The quantitative estimate of drug-likeness (QED) is 0.334. The average Bonchev–Trinajstić information content (AvgIpc) is 3.13. The lowest BCUT2D eigenvalue weighted by Gasteiger charge is -2.12. The van der Waals surface area contributed by atoms with Crippen LogP contribution in [0.3, 0.4) is 0 Å². The van der Waals surface area contributed by atoms with Crippen LogP contribution >= 0.6 is 11.6 Å². The van der Waals surface area contributed by atoms with Crippen LogP contribution in [0.15, 0.2) is 91.0 Å². The first-order valence-electron chi connectivity index (χ1n) is 9.61. The molecule has 0 aliphatic carbocycles. The second kappa shape index (κ2) is 7.61. The summed E-state index contributed by atoms with van der Waals surface area (Å²) in [5.41, 5.74) is 3.05. The molecular weight excluding hydrogens is 380 g/mol. The molecule has 0 saturated heterocycles. The van der Waals surface area contributed by atoms with Crippen molar-refractivity contribution in [1.82, 2.24) is 9.55 Å². The maximum atomic E-state index is 6.22. The fraction of sp³-hybridized carbons (Fsp3) is 0.0800. The first-order chi connectivity index (χ1) is 14.3. The van der Waals surface area contributed by atoms with E-state index in [9.17, 15) is 0 Å². The van der Waals surface area contributed by atoms with E-state index in [0.717, 1.165) is 33.6 Å². The summed E-state index contributed by atoms with van der Waals surface area (Å²) in [6.07, 6.45) is 0. The Bertz CT molecular complexity index is 1300. The highest BCUT2D eigenvalue weighted by atomic mass is 35.5. The maximum Gasteiger partial charge on any atom is 0.141 e. The van der Waals surface area contributed by atoms with Crippen molar-refractivity contribution >= 4 is 33.4 Å². The van der Waals surface area contributed by atoms with E-state index in [-0.39, 0.29) is 0 Å². The minimum absolute atomic E-state index is 0.544. The molecule has 0 amide bonds. The molecule has 5 aromatic rings. The highest BCUT2D eigenvalue weighted by Crippen LogP contribution is 2.28. The fourth-order valence-corrected chi connectivity index (χ4v) is 3.91. The van der Waals surface area contributed by atoms with Crippen molar-refractivity contribution in [2.45, 2.75) is 6.54 Å². The lowest BCUT2D eigenvalue weighted by molar-refractivity contribution is 0.304. The third-order valence-electron chi connectivity index (χ3n) is 5.06. The van der Waals surface area contributed by atoms with Crippen LogP contribution in [0.2, 0.25) is 5.02 Å². The molecule has 0 saturated carbocycles. The Morgan fingerprint density at radius 1 is 0.828 bits per heavy atom. The smallest absolute Gasteiger partial charge is 0.141 e. The minimum Gasteiger partial charge on any atom is -0.491 e. The number of halogens is 1. The second-order valence-corrected chi connectivity index (χ2v) is 7.35. The van der Waals surface area contributed by atoms with Gasteiger partial charge in [0, 0.05) is 16.0 Å². The molecule has 0 N–H and O–H groups in total. The number of hydrogen-bond acceptors (Lipinski definition) is 2. The molecule has 0 atom stereocenters. The van der Waals surface area contributed by atoms with Crippen LogP contribution in [0.1, 0.15) is 0 Å². The molecule has 0 fully saturated rings. The number of imidazole rings is 1. The molecule has 1 heterocycles. The standard InChI is InChI=1S/C25H19ClN2O/c26-20-10-5-9-19(17-20)25-27-22-12-3-4-13-23(22)28(25)15-16-29-24-14-6-8-18-7-1-2-11-21(18)24/h1-14,17H,15-16H2. The first-order valence-corrected chi connectivity index (χ1v) is 9.99. The highest BCUT2D eigenvalue weighted by Gasteiger charge is 2.13. The lowest BCUT2D eigenvalue weighted by atomic mass is 10.1. The van der Waals surface area contributed by atoms with E-state index < -0.39 is 0 Å². The van der Waals surface area contributed by atoms with Gasteiger partial charge in [-0.3, -0.25) is 0 Å². The van der Waals surface area contributed by atoms with Crippen LogP contribution in [-0.2, 0) is 6.54 Å².